The Morgan fingerprint density at radius 2 is 1.94 bits per heavy atom. The van der Waals surface area contributed by atoms with E-state index in [1.165, 1.54) is 0 Å². The van der Waals surface area contributed by atoms with Crippen LogP contribution in [0.1, 0.15) is 19.8 Å². The van der Waals surface area contributed by atoms with Gasteiger partial charge in [-0.2, -0.15) is 0 Å². The monoisotopic (exact) mass is 248 g/mol. The number of likely N-dealkylation sites (tertiary alicyclic amines) is 1. The zero-order valence-corrected chi connectivity index (χ0v) is 10.8. The summed E-state index contributed by atoms with van der Waals surface area (Å²) < 4.78 is 5.31. The average Bonchev–Trinajstić information content (AvgIpc) is 2.40. The van der Waals surface area contributed by atoms with Crippen molar-refractivity contribution >= 4 is 6.09 Å². The fraction of sp³-hybridized carbons (Fsp3) is 0.500. The highest BCUT2D eigenvalue weighted by Gasteiger charge is 2.31. The summed E-state index contributed by atoms with van der Waals surface area (Å²) in [6.07, 6.45) is 1.61. The molecule has 0 aliphatic carbocycles. The van der Waals surface area contributed by atoms with Crippen LogP contribution in [0.3, 0.4) is 0 Å². The van der Waals surface area contributed by atoms with Gasteiger partial charge in [0.2, 0.25) is 0 Å². The lowest BCUT2D eigenvalue weighted by Crippen LogP contribution is -2.45. The lowest BCUT2D eigenvalue weighted by molar-refractivity contribution is 0.106. The van der Waals surface area contributed by atoms with Gasteiger partial charge in [0, 0.05) is 13.1 Å². The van der Waals surface area contributed by atoms with Gasteiger partial charge in [-0.3, -0.25) is 0 Å². The number of carbonyl (C=O) groups excluding carboxylic acids is 1. The number of carbonyl (C=O) groups is 1. The van der Waals surface area contributed by atoms with Gasteiger partial charge in [0.25, 0.3) is 0 Å². The van der Waals surface area contributed by atoms with Crippen LogP contribution in [-0.2, 0) is 0 Å². The number of nitrogens with zero attached hydrogens (tertiary/aromatic N) is 1. The molecule has 4 nitrogen and oxygen atoms in total. The number of hydrogen-bond donors (Lipinski definition) is 1. The molecule has 1 heterocycles. The van der Waals surface area contributed by atoms with Gasteiger partial charge >= 0.3 is 6.09 Å². The number of benzene rings is 1. The number of piperidine rings is 1. The maximum absolute atomic E-state index is 11.9. The van der Waals surface area contributed by atoms with Gasteiger partial charge in [0.1, 0.15) is 5.75 Å². The van der Waals surface area contributed by atoms with E-state index >= 15 is 0 Å². The lowest BCUT2D eigenvalue weighted by atomic mass is 9.81. The normalized spacial score (nSPS) is 18.4. The van der Waals surface area contributed by atoms with Crippen molar-refractivity contribution in [3.8, 4) is 5.75 Å². The lowest BCUT2D eigenvalue weighted by Gasteiger charge is -2.37. The van der Waals surface area contributed by atoms with Crippen LogP contribution in [0, 0.1) is 5.41 Å². The molecule has 0 spiro atoms. The largest absolute Gasteiger partial charge is 0.415 e. The molecule has 1 aliphatic rings. The molecule has 1 amide bonds. The van der Waals surface area contributed by atoms with Crippen LogP contribution < -0.4 is 10.5 Å². The Bertz CT molecular complexity index is 398. The zero-order valence-electron chi connectivity index (χ0n) is 10.8. The first kappa shape index (κ1) is 12.9. The van der Waals surface area contributed by atoms with Crippen molar-refractivity contribution in [3.05, 3.63) is 30.3 Å². The molecule has 1 aromatic carbocycles. The third kappa shape index (κ3) is 3.01. The summed E-state index contributed by atoms with van der Waals surface area (Å²) in [5.41, 5.74) is 5.92. The highest BCUT2D eigenvalue weighted by atomic mass is 16.6. The minimum atomic E-state index is -0.264. The fourth-order valence-electron chi connectivity index (χ4n) is 2.09. The van der Waals surface area contributed by atoms with Gasteiger partial charge in [-0.1, -0.05) is 25.1 Å². The number of para-hydroxylation sites is 1. The zero-order chi connectivity index (χ0) is 13.0. The molecule has 1 aliphatic heterocycles. The van der Waals surface area contributed by atoms with Crippen LogP contribution >= 0.6 is 0 Å². The van der Waals surface area contributed by atoms with Crippen LogP contribution in [0.25, 0.3) is 0 Å². The van der Waals surface area contributed by atoms with E-state index in [9.17, 15) is 4.79 Å². The van der Waals surface area contributed by atoms with Gasteiger partial charge in [-0.15, -0.1) is 0 Å². The van der Waals surface area contributed by atoms with Crippen molar-refractivity contribution in [2.45, 2.75) is 19.8 Å². The van der Waals surface area contributed by atoms with Gasteiger partial charge in [0.15, 0.2) is 0 Å². The summed E-state index contributed by atoms with van der Waals surface area (Å²) in [5, 5.41) is 0. The van der Waals surface area contributed by atoms with Crippen molar-refractivity contribution in [1.82, 2.24) is 4.90 Å². The third-order valence-electron chi connectivity index (χ3n) is 3.67. The summed E-state index contributed by atoms with van der Waals surface area (Å²) in [4.78, 5) is 13.7. The molecule has 0 unspecified atom stereocenters. The molecule has 1 fully saturated rings. The Balaban J connectivity index is 1.88. The second kappa shape index (κ2) is 5.40. The molecule has 2 N–H and O–H groups in total. The van der Waals surface area contributed by atoms with Crippen molar-refractivity contribution in [2.75, 3.05) is 19.6 Å². The van der Waals surface area contributed by atoms with Crippen LogP contribution in [0.4, 0.5) is 4.79 Å². The molecule has 2 rings (SSSR count). The summed E-state index contributed by atoms with van der Waals surface area (Å²) in [6.45, 7) is 4.29. The molecule has 0 aromatic heterocycles. The SMILES string of the molecule is CC1(CN)CCN(C(=O)Oc2ccccc2)CC1. The standard InChI is InChI=1S/C14H20N2O2/c1-14(11-15)7-9-16(10-8-14)13(17)18-12-5-3-2-4-6-12/h2-6H,7-11,15H2,1H3. The second-order valence-corrected chi connectivity index (χ2v) is 5.18. The highest BCUT2D eigenvalue weighted by Crippen LogP contribution is 2.29. The number of nitrogens with two attached hydrogens (primary N) is 1. The molecule has 0 atom stereocenters. The van der Waals surface area contributed by atoms with Gasteiger partial charge in [-0.05, 0) is 36.9 Å². The third-order valence-corrected chi connectivity index (χ3v) is 3.67. The summed E-state index contributed by atoms with van der Waals surface area (Å²) in [5.74, 6) is 0.592. The number of hydrogen-bond acceptors (Lipinski definition) is 3. The second-order valence-electron chi connectivity index (χ2n) is 5.18. The van der Waals surface area contributed by atoms with Crippen molar-refractivity contribution in [1.29, 1.82) is 0 Å². The summed E-state index contributed by atoms with van der Waals surface area (Å²) in [7, 11) is 0. The predicted molar refractivity (Wildman–Crippen MR) is 70.4 cm³/mol. The topological polar surface area (TPSA) is 55.6 Å². The maximum atomic E-state index is 11.9. The number of amides is 1. The summed E-state index contributed by atoms with van der Waals surface area (Å²) >= 11 is 0. The Kier molecular flexibility index (Phi) is 3.87. The minimum absolute atomic E-state index is 0.170. The smallest absolute Gasteiger partial charge is 0.410 e. The first-order chi connectivity index (χ1) is 8.63. The molecular weight excluding hydrogens is 228 g/mol. The Morgan fingerprint density at radius 3 is 2.50 bits per heavy atom. The fourth-order valence-corrected chi connectivity index (χ4v) is 2.09. The van der Waals surface area contributed by atoms with Gasteiger partial charge < -0.3 is 15.4 Å². The van der Waals surface area contributed by atoms with Crippen LogP contribution in [0.15, 0.2) is 30.3 Å². The Labute approximate surface area is 108 Å². The van der Waals surface area contributed by atoms with E-state index in [-0.39, 0.29) is 11.5 Å². The molecule has 4 heteroatoms. The van der Waals surface area contributed by atoms with E-state index in [2.05, 4.69) is 6.92 Å². The van der Waals surface area contributed by atoms with E-state index in [0.29, 0.717) is 12.3 Å². The number of rotatable bonds is 2. The van der Waals surface area contributed by atoms with Crippen molar-refractivity contribution < 1.29 is 9.53 Å². The summed E-state index contributed by atoms with van der Waals surface area (Å²) in [6, 6.07) is 9.16. The van der Waals surface area contributed by atoms with Crippen LogP contribution in [0.2, 0.25) is 0 Å². The highest BCUT2D eigenvalue weighted by molar-refractivity contribution is 5.70. The van der Waals surface area contributed by atoms with Crippen LogP contribution in [-0.4, -0.2) is 30.6 Å². The number of ether oxygens (including phenoxy) is 1. The average molecular weight is 248 g/mol. The maximum Gasteiger partial charge on any atom is 0.415 e. The Hall–Kier alpha value is -1.55. The predicted octanol–water partition coefficient (Wildman–Crippen LogP) is 2.25. The van der Waals surface area contributed by atoms with Gasteiger partial charge in [0.05, 0.1) is 0 Å². The first-order valence-electron chi connectivity index (χ1n) is 6.35. The molecule has 98 valence electrons. The van der Waals surface area contributed by atoms with E-state index in [0.717, 1.165) is 25.9 Å². The van der Waals surface area contributed by atoms with E-state index in [1.54, 1.807) is 17.0 Å². The molecule has 1 saturated heterocycles. The Morgan fingerprint density at radius 1 is 1.33 bits per heavy atom. The van der Waals surface area contributed by atoms with Crippen molar-refractivity contribution in [2.24, 2.45) is 11.1 Å². The molecular formula is C14H20N2O2. The molecule has 0 bridgehead atoms. The van der Waals surface area contributed by atoms with E-state index < -0.39 is 0 Å². The molecule has 18 heavy (non-hydrogen) atoms. The van der Waals surface area contributed by atoms with Crippen molar-refractivity contribution in [3.63, 3.8) is 0 Å². The van der Waals surface area contributed by atoms with Crippen LogP contribution in [0.5, 0.6) is 5.75 Å². The van der Waals surface area contributed by atoms with Gasteiger partial charge in [-0.25, -0.2) is 4.79 Å². The minimum Gasteiger partial charge on any atom is -0.410 e. The molecule has 0 radical (unpaired) electrons. The van der Waals surface area contributed by atoms with E-state index in [4.69, 9.17) is 10.5 Å². The molecule has 1 aromatic rings. The molecule has 0 saturated carbocycles. The van der Waals surface area contributed by atoms with E-state index in [1.807, 2.05) is 18.2 Å². The quantitative estimate of drug-likeness (QED) is 0.873. The first-order valence-corrected chi connectivity index (χ1v) is 6.35.